The normalized spacial score (nSPS) is 13.6. The van der Waals surface area contributed by atoms with Gasteiger partial charge >= 0.3 is 17.8 Å². The smallest absolute Gasteiger partial charge is 0.346 e. The molecule has 1 fully saturated rings. The van der Waals surface area contributed by atoms with Gasteiger partial charge in [-0.1, -0.05) is 18.2 Å². The second-order valence-corrected chi connectivity index (χ2v) is 7.96. The van der Waals surface area contributed by atoms with Crippen molar-refractivity contribution in [1.82, 2.24) is 4.90 Å². The maximum absolute atomic E-state index is 14.1. The van der Waals surface area contributed by atoms with Gasteiger partial charge in [-0.25, -0.2) is 18.5 Å². The van der Waals surface area contributed by atoms with Crippen LogP contribution in [0.15, 0.2) is 65.6 Å². The second-order valence-electron chi connectivity index (χ2n) is 7.08. The number of rotatable bonds is 5. The molecule has 0 unspecified atom stereocenters. The summed E-state index contributed by atoms with van der Waals surface area (Å²) < 4.78 is 33.5. The summed E-state index contributed by atoms with van der Waals surface area (Å²) in [5.41, 5.74) is 0.320. The molecule has 0 bridgehead atoms. The third-order valence-electron chi connectivity index (χ3n) is 5.18. The molecule has 0 atom stereocenters. The van der Waals surface area contributed by atoms with Crippen LogP contribution in [-0.2, 0) is 9.59 Å². The summed E-state index contributed by atoms with van der Waals surface area (Å²) in [4.78, 5) is 52.0. The molecular formula is C24H16F2N2O5S. The van der Waals surface area contributed by atoms with Gasteiger partial charge in [-0.05, 0) is 48.2 Å². The van der Waals surface area contributed by atoms with Gasteiger partial charge in [-0.2, -0.15) is 4.90 Å². The first-order valence-corrected chi connectivity index (χ1v) is 11.0. The van der Waals surface area contributed by atoms with Crippen molar-refractivity contribution in [2.75, 3.05) is 18.3 Å². The number of amides is 5. The maximum Gasteiger partial charge on any atom is 0.346 e. The van der Waals surface area contributed by atoms with E-state index in [9.17, 15) is 28.0 Å². The molecule has 1 aliphatic rings. The number of imide groups is 4. The SMILES string of the molecule is COc1cc(N2C(=O)C(=O)N(C(=O)c3c(F)cccc3F)C2=O)ccc1-c1cccc(SC)c1. The van der Waals surface area contributed by atoms with Crippen LogP contribution < -0.4 is 9.64 Å². The summed E-state index contributed by atoms with van der Waals surface area (Å²) in [6.45, 7) is 0. The number of hydrogen-bond donors (Lipinski definition) is 0. The predicted molar refractivity (Wildman–Crippen MR) is 121 cm³/mol. The van der Waals surface area contributed by atoms with Gasteiger partial charge in [0.1, 0.15) is 22.9 Å². The average molecular weight is 482 g/mol. The number of benzene rings is 3. The number of halogens is 2. The van der Waals surface area contributed by atoms with Crippen LogP contribution in [-0.4, -0.2) is 42.0 Å². The summed E-state index contributed by atoms with van der Waals surface area (Å²) >= 11 is 1.55. The Kier molecular flexibility index (Phi) is 6.16. The molecule has 0 aromatic heterocycles. The average Bonchev–Trinajstić information content (AvgIpc) is 3.06. The minimum atomic E-state index is -1.57. The van der Waals surface area contributed by atoms with Gasteiger partial charge in [0.15, 0.2) is 0 Å². The predicted octanol–water partition coefficient (Wildman–Crippen LogP) is 4.50. The first kappa shape index (κ1) is 23.1. The number of hydrogen-bond acceptors (Lipinski definition) is 6. The molecule has 1 heterocycles. The molecule has 0 aliphatic carbocycles. The van der Waals surface area contributed by atoms with E-state index in [0.717, 1.165) is 28.7 Å². The van der Waals surface area contributed by atoms with E-state index in [-0.39, 0.29) is 10.6 Å². The van der Waals surface area contributed by atoms with Gasteiger partial charge in [0, 0.05) is 16.5 Å². The van der Waals surface area contributed by atoms with Crippen LogP contribution in [0.2, 0.25) is 0 Å². The van der Waals surface area contributed by atoms with Crippen LogP contribution in [0.3, 0.4) is 0 Å². The second kappa shape index (κ2) is 9.06. The zero-order chi connectivity index (χ0) is 24.6. The van der Waals surface area contributed by atoms with E-state index in [2.05, 4.69) is 0 Å². The van der Waals surface area contributed by atoms with Crippen molar-refractivity contribution >= 4 is 41.2 Å². The molecule has 10 heteroatoms. The molecule has 0 saturated carbocycles. The monoisotopic (exact) mass is 482 g/mol. The van der Waals surface area contributed by atoms with E-state index in [1.165, 1.54) is 19.2 Å². The summed E-state index contributed by atoms with van der Waals surface area (Å²) in [5.74, 6) is -6.67. The topological polar surface area (TPSA) is 84.0 Å². The van der Waals surface area contributed by atoms with Crippen molar-refractivity contribution in [3.05, 3.63) is 77.9 Å². The fourth-order valence-electron chi connectivity index (χ4n) is 3.53. The molecule has 34 heavy (non-hydrogen) atoms. The Labute approximate surface area is 196 Å². The lowest BCUT2D eigenvalue weighted by molar-refractivity contribution is -0.138. The van der Waals surface area contributed by atoms with Gasteiger partial charge in [0.25, 0.3) is 5.91 Å². The van der Waals surface area contributed by atoms with E-state index < -0.39 is 41.0 Å². The lowest BCUT2D eigenvalue weighted by Crippen LogP contribution is -2.39. The van der Waals surface area contributed by atoms with Gasteiger partial charge in [-0.15, -0.1) is 11.8 Å². The highest BCUT2D eigenvalue weighted by atomic mass is 32.2. The van der Waals surface area contributed by atoms with Gasteiger partial charge in [0.05, 0.1) is 12.8 Å². The third-order valence-corrected chi connectivity index (χ3v) is 5.90. The summed E-state index contributed by atoms with van der Waals surface area (Å²) in [7, 11) is 1.40. The number of nitrogens with zero attached hydrogens (tertiary/aromatic N) is 2. The van der Waals surface area contributed by atoms with E-state index in [4.69, 9.17) is 4.74 Å². The fourth-order valence-corrected chi connectivity index (χ4v) is 3.99. The molecular weight excluding hydrogens is 466 g/mol. The van der Waals surface area contributed by atoms with E-state index in [0.29, 0.717) is 16.2 Å². The Morgan fingerprint density at radius 1 is 0.912 bits per heavy atom. The van der Waals surface area contributed by atoms with Crippen molar-refractivity contribution in [1.29, 1.82) is 0 Å². The van der Waals surface area contributed by atoms with Gasteiger partial charge in [-0.3, -0.25) is 14.4 Å². The van der Waals surface area contributed by atoms with E-state index >= 15 is 0 Å². The Balaban J connectivity index is 1.72. The highest BCUT2D eigenvalue weighted by Gasteiger charge is 2.50. The Morgan fingerprint density at radius 2 is 1.59 bits per heavy atom. The molecule has 7 nitrogen and oxygen atoms in total. The zero-order valence-corrected chi connectivity index (χ0v) is 18.7. The quantitative estimate of drug-likeness (QED) is 0.231. The first-order valence-electron chi connectivity index (χ1n) is 9.81. The Morgan fingerprint density at radius 3 is 2.24 bits per heavy atom. The van der Waals surface area contributed by atoms with Crippen LogP contribution in [0, 0.1) is 11.6 Å². The summed E-state index contributed by atoms with van der Waals surface area (Å²) in [6, 6.07) is 13.2. The number of carbonyl (C=O) groups excluding carboxylic acids is 4. The highest BCUT2D eigenvalue weighted by Crippen LogP contribution is 2.36. The third kappa shape index (κ3) is 3.81. The summed E-state index contributed by atoms with van der Waals surface area (Å²) in [6.07, 6.45) is 1.93. The Hall–Kier alpha value is -4.05. The number of carbonyl (C=O) groups is 4. The zero-order valence-electron chi connectivity index (χ0n) is 17.9. The van der Waals surface area contributed by atoms with Crippen molar-refractivity contribution < 1.29 is 32.7 Å². The number of thioether (sulfide) groups is 1. The van der Waals surface area contributed by atoms with Crippen molar-refractivity contribution in [2.24, 2.45) is 0 Å². The number of anilines is 1. The largest absolute Gasteiger partial charge is 0.496 e. The lowest BCUT2D eigenvalue weighted by atomic mass is 10.0. The van der Waals surface area contributed by atoms with Crippen LogP contribution in [0.25, 0.3) is 11.1 Å². The molecule has 5 amide bonds. The van der Waals surface area contributed by atoms with Crippen molar-refractivity contribution in [3.8, 4) is 16.9 Å². The highest BCUT2D eigenvalue weighted by molar-refractivity contribution is 7.98. The maximum atomic E-state index is 14.1. The van der Waals surface area contributed by atoms with Crippen LogP contribution in [0.5, 0.6) is 5.75 Å². The number of methoxy groups -OCH3 is 1. The van der Waals surface area contributed by atoms with Crippen LogP contribution in [0.1, 0.15) is 10.4 Å². The van der Waals surface area contributed by atoms with E-state index in [1.54, 1.807) is 17.8 Å². The molecule has 4 rings (SSSR count). The first-order chi connectivity index (χ1) is 16.3. The minimum absolute atomic E-state index is 0.0470. The molecule has 0 N–H and O–H groups in total. The van der Waals surface area contributed by atoms with Gasteiger partial charge in [0.2, 0.25) is 0 Å². The standard InChI is InChI=1S/C24H16F2N2O5S/c1-33-19-12-14(9-10-16(19)13-5-3-6-15(11-13)34-2)27-22(30)23(31)28(24(27)32)21(29)20-17(25)7-4-8-18(20)26/h3-12H,1-2H3. The minimum Gasteiger partial charge on any atom is -0.496 e. The van der Waals surface area contributed by atoms with Crippen LogP contribution in [0.4, 0.5) is 19.3 Å². The van der Waals surface area contributed by atoms with E-state index in [1.807, 2.05) is 30.5 Å². The lowest BCUT2D eigenvalue weighted by Gasteiger charge is -2.17. The van der Waals surface area contributed by atoms with Crippen LogP contribution >= 0.6 is 11.8 Å². The number of ether oxygens (including phenoxy) is 1. The van der Waals surface area contributed by atoms with Gasteiger partial charge < -0.3 is 4.74 Å². The molecule has 0 radical (unpaired) electrons. The molecule has 0 spiro atoms. The molecule has 1 saturated heterocycles. The molecule has 1 aliphatic heterocycles. The molecule has 3 aromatic rings. The van der Waals surface area contributed by atoms with Crippen molar-refractivity contribution in [3.63, 3.8) is 0 Å². The summed E-state index contributed by atoms with van der Waals surface area (Å²) in [5, 5.41) is 0. The fraction of sp³-hybridized carbons (Fsp3) is 0.0833. The molecule has 172 valence electrons. The Bertz CT molecular complexity index is 1340. The van der Waals surface area contributed by atoms with Crippen molar-refractivity contribution in [2.45, 2.75) is 4.90 Å². The molecule has 3 aromatic carbocycles. The number of urea groups is 1.